The van der Waals surface area contributed by atoms with E-state index in [9.17, 15) is 0 Å². The van der Waals surface area contributed by atoms with Crippen LogP contribution in [0.4, 0.5) is 0 Å². The number of rotatable bonds is 5. The molecular formula is C5H14Cl2N2OS. The highest BCUT2D eigenvalue weighted by molar-refractivity contribution is 7.80. The van der Waals surface area contributed by atoms with Crippen molar-refractivity contribution in [3.05, 3.63) is 0 Å². The van der Waals surface area contributed by atoms with E-state index in [2.05, 4.69) is 45.5 Å². The minimum absolute atomic E-state index is 0.777. The first-order valence-corrected chi connectivity index (χ1v) is 4.49. The Kier molecular flexibility index (Phi) is 22.2. The molecule has 0 amide bonds. The molecule has 0 bridgehead atoms. The summed E-state index contributed by atoms with van der Waals surface area (Å²) in [6.07, 6.45) is 1.06. The maximum Gasteiger partial charge on any atom is 0.0832 e. The Labute approximate surface area is 83.3 Å². The number of nitrogens with one attached hydrogen (secondary N) is 1. The molecule has 0 atom stereocenters. The maximum absolute atomic E-state index is 5.25. The van der Waals surface area contributed by atoms with Gasteiger partial charge in [-0.2, -0.15) is 16.5 Å². The molecule has 0 aromatic heterocycles. The van der Waals surface area contributed by atoms with Gasteiger partial charge in [-0.15, -0.1) is 0 Å². The number of halogens is 2. The summed E-state index contributed by atoms with van der Waals surface area (Å²) in [5.74, 6) is 0.907. The predicted octanol–water partition coefficient (Wildman–Crippen LogP) is 1.17. The van der Waals surface area contributed by atoms with E-state index in [-0.39, 0.29) is 0 Å². The van der Waals surface area contributed by atoms with Gasteiger partial charge in [0.15, 0.2) is 0 Å². The Balaban J connectivity index is 0. The molecule has 0 aromatic rings. The lowest BCUT2D eigenvalue weighted by atomic mass is 10.4. The first-order valence-electron chi connectivity index (χ1n) is 3.24. The zero-order chi connectivity index (χ0) is 8.95. The number of hydrogen-bond donors (Lipinski definition) is 3. The van der Waals surface area contributed by atoms with Crippen LogP contribution in [0.25, 0.3) is 0 Å². The summed E-state index contributed by atoms with van der Waals surface area (Å²) in [5.41, 5.74) is 5.25. The lowest BCUT2D eigenvalue weighted by Gasteiger charge is -1.97. The van der Waals surface area contributed by atoms with Crippen molar-refractivity contribution >= 4 is 36.4 Å². The zero-order valence-electron chi connectivity index (χ0n) is 6.22. The molecule has 70 valence electrons. The molecular weight excluding hydrogens is 207 g/mol. The van der Waals surface area contributed by atoms with Gasteiger partial charge in [0.2, 0.25) is 0 Å². The Morgan fingerprint density at radius 3 is 2.27 bits per heavy atom. The van der Waals surface area contributed by atoms with Crippen LogP contribution < -0.4 is 11.1 Å². The summed E-state index contributed by atoms with van der Waals surface area (Å²) in [5, 5.41) is 3.18. The van der Waals surface area contributed by atoms with Gasteiger partial charge >= 0.3 is 0 Å². The van der Waals surface area contributed by atoms with E-state index in [1.165, 1.54) is 0 Å². The van der Waals surface area contributed by atoms with Crippen LogP contribution in [-0.4, -0.2) is 25.4 Å². The van der Waals surface area contributed by atoms with E-state index in [1.54, 1.807) is 0 Å². The fourth-order valence-corrected chi connectivity index (χ4v) is 0.589. The van der Waals surface area contributed by atoms with Crippen LogP contribution in [0.5, 0.6) is 0 Å². The summed E-state index contributed by atoms with van der Waals surface area (Å²) < 4.78 is 3.19. The molecule has 0 unspecified atom stereocenters. The zero-order valence-corrected chi connectivity index (χ0v) is 8.63. The SMILES string of the molecule is ClOCl.NCCCNCCS. The van der Waals surface area contributed by atoms with Crippen LogP contribution in [0.15, 0.2) is 0 Å². The Hall–Kier alpha value is 0.810. The summed E-state index contributed by atoms with van der Waals surface area (Å²) in [4.78, 5) is 0. The van der Waals surface area contributed by atoms with Crippen LogP contribution in [0.1, 0.15) is 6.42 Å². The molecule has 0 aliphatic heterocycles. The lowest BCUT2D eigenvalue weighted by molar-refractivity contribution is 0.683. The van der Waals surface area contributed by atoms with Gasteiger partial charge in [0, 0.05) is 12.3 Å². The number of hydrogen-bond acceptors (Lipinski definition) is 4. The molecule has 0 aliphatic rings. The molecule has 0 fully saturated rings. The predicted molar refractivity (Wildman–Crippen MR) is 53.2 cm³/mol. The van der Waals surface area contributed by atoms with E-state index in [1.807, 2.05) is 0 Å². The summed E-state index contributed by atoms with van der Waals surface area (Å²) >= 11 is 12.6. The second-order valence-corrected chi connectivity index (χ2v) is 2.59. The van der Waals surface area contributed by atoms with Crippen LogP contribution in [0, 0.1) is 0 Å². The van der Waals surface area contributed by atoms with E-state index < -0.39 is 0 Å². The van der Waals surface area contributed by atoms with Crippen molar-refractivity contribution in [2.24, 2.45) is 5.73 Å². The quantitative estimate of drug-likeness (QED) is 0.482. The largest absolute Gasteiger partial charge is 0.330 e. The molecule has 0 saturated heterocycles. The van der Waals surface area contributed by atoms with Gasteiger partial charge in [-0.05, 0) is 19.5 Å². The van der Waals surface area contributed by atoms with Gasteiger partial charge in [-0.1, -0.05) is 0 Å². The topological polar surface area (TPSA) is 47.3 Å². The highest BCUT2D eigenvalue weighted by Crippen LogP contribution is 1.78. The molecule has 0 aromatic carbocycles. The molecule has 0 saturated carbocycles. The molecule has 11 heavy (non-hydrogen) atoms. The third-order valence-corrected chi connectivity index (χ3v) is 1.07. The summed E-state index contributed by atoms with van der Waals surface area (Å²) in [6, 6.07) is 0. The average molecular weight is 221 g/mol. The number of thiol groups is 1. The summed E-state index contributed by atoms with van der Waals surface area (Å²) in [7, 11) is 0. The first kappa shape index (κ1) is 14.3. The van der Waals surface area contributed by atoms with Crippen molar-refractivity contribution in [1.29, 1.82) is 0 Å². The fraction of sp³-hybridized carbons (Fsp3) is 1.00. The highest BCUT2D eigenvalue weighted by Gasteiger charge is 1.80. The minimum Gasteiger partial charge on any atom is -0.330 e. The molecule has 0 spiro atoms. The summed E-state index contributed by atoms with van der Waals surface area (Å²) in [6.45, 7) is 2.79. The van der Waals surface area contributed by atoms with Crippen molar-refractivity contribution in [2.75, 3.05) is 25.4 Å². The fourth-order valence-electron chi connectivity index (χ4n) is 0.431. The Bertz CT molecular complexity index is 55.7. The Morgan fingerprint density at radius 2 is 1.91 bits per heavy atom. The third kappa shape index (κ3) is 24.9. The van der Waals surface area contributed by atoms with Crippen LogP contribution in [0.3, 0.4) is 0 Å². The second kappa shape index (κ2) is 17.1. The first-order chi connectivity index (χ1) is 5.33. The van der Waals surface area contributed by atoms with Crippen molar-refractivity contribution in [1.82, 2.24) is 5.32 Å². The van der Waals surface area contributed by atoms with Crippen molar-refractivity contribution in [3.63, 3.8) is 0 Å². The van der Waals surface area contributed by atoms with Crippen LogP contribution in [0.2, 0.25) is 0 Å². The molecule has 0 aliphatic carbocycles. The molecule has 0 radical (unpaired) electrons. The van der Waals surface area contributed by atoms with Crippen LogP contribution >= 0.6 is 36.4 Å². The number of nitrogens with two attached hydrogens (primary N) is 1. The van der Waals surface area contributed by atoms with E-state index in [4.69, 9.17) is 5.73 Å². The van der Waals surface area contributed by atoms with Crippen LogP contribution in [-0.2, 0) is 3.84 Å². The minimum atomic E-state index is 0.777. The molecule has 3 N–H and O–H groups in total. The normalized spacial score (nSPS) is 8.73. The molecule has 0 heterocycles. The Morgan fingerprint density at radius 1 is 1.36 bits per heavy atom. The van der Waals surface area contributed by atoms with E-state index >= 15 is 0 Å². The standard InChI is InChI=1S/C5H14N2S.Cl2O/c6-2-1-3-7-4-5-8;1-3-2/h7-8H,1-6H2;. The van der Waals surface area contributed by atoms with Gasteiger partial charge in [0.1, 0.15) is 0 Å². The van der Waals surface area contributed by atoms with Gasteiger partial charge in [0.25, 0.3) is 0 Å². The molecule has 6 heteroatoms. The van der Waals surface area contributed by atoms with Gasteiger partial charge in [-0.3, -0.25) is 0 Å². The van der Waals surface area contributed by atoms with Gasteiger partial charge < -0.3 is 11.1 Å². The highest BCUT2D eigenvalue weighted by atomic mass is 35.6. The van der Waals surface area contributed by atoms with Crippen molar-refractivity contribution in [3.8, 4) is 0 Å². The van der Waals surface area contributed by atoms with Crippen molar-refractivity contribution in [2.45, 2.75) is 6.42 Å². The maximum atomic E-state index is 5.25. The van der Waals surface area contributed by atoms with E-state index in [0.717, 1.165) is 31.8 Å². The van der Waals surface area contributed by atoms with Crippen molar-refractivity contribution < 1.29 is 3.84 Å². The smallest absolute Gasteiger partial charge is 0.0832 e. The average Bonchev–Trinajstić information content (AvgIpc) is 2.00. The van der Waals surface area contributed by atoms with Gasteiger partial charge in [0.05, 0.1) is 23.7 Å². The molecule has 0 rings (SSSR count). The van der Waals surface area contributed by atoms with Gasteiger partial charge in [-0.25, -0.2) is 0 Å². The second-order valence-electron chi connectivity index (χ2n) is 1.67. The molecule has 3 nitrogen and oxygen atoms in total. The third-order valence-electron chi connectivity index (χ3n) is 0.846. The monoisotopic (exact) mass is 220 g/mol. The van der Waals surface area contributed by atoms with E-state index in [0.29, 0.717) is 0 Å². The lowest BCUT2D eigenvalue weighted by Crippen LogP contribution is -2.20.